The van der Waals surface area contributed by atoms with Crippen LogP contribution in [0, 0.1) is 0 Å². The number of aromatic hydroxyl groups is 1. The van der Waals surface area contributed by atoms with Gasteiger partial charge in [-0.25, -0.2) is 0 Å². The topological polar surface area (TPSA) is 69.6 Å². The number of rotatable bonds is 6. The van der Waals surface area contributed by atoms with Crippen LogP contribution in [0.15, 0.2) is 24.3 Å². The summed E-state index contributed by atoms with van der Waals surface area (Å²) in [5, 5.41) is 12.0. The molecule has 0 radical (unpaired) electrons. The minimum absolute atomic E-state index is 0.0849. The molecule has 0 saturated carbocycles. The average molecular weight is 278 g/mol. The summed E-state index contributed by atoms with van der Waals surface area (Å²) in [6.45, 7) is 6.45. The molecule has 0 aromatic heterocycles. The number of phenols is 1. The molecule has 1 aromatic carbocycles. The first-order valence-corrected chi connectivity index (χ1v) is 6.81. The Morgan fingerprint density at radius 2 is 1.75 bits per heavy atom. The quantitative estimate of drug-likeness (QED) is 0.824. The van der Waals surface area contributed by atoms with Gasteiger partial charge >= 0.3 is 0 Å². The number of nitrogens with zero attached hydrogens (tertiary/aromatic N) is 1. The molecule has 0 spiro atoms. The highest BCUT2D eigenvalue weighted by molar-refractivity contribution is 5.87. The maximum absolute atomic E-state index is 12.4. The Morgan fingerprint density at radius 1 is 1.20 bits per heavy atom. The summed E-state index contributed by atoms with van der Waals surface area (Å²) in [4.78, 5) is 25.3. The van der Waals surface area contributed by atoms with Crippen molar-refractivity contribution in [3.63, 3.8) is 0 Å². The number of nitrogens with one attached hydrogen (secondary N) is 1. The van der Waals surface area contributed by atoms with Crippen LogP contribution in [0.2, 0.25) is 0 Å². The van der Waals surface area contributed by atoms with E-state index in [0.717, 1.165) is 5.56 Å². The van der Waals surface area contributed by atoms with Gasteiger partial charge in [0, 0.05) is 26.4 Å². The van der Waals surface area contributed by atoms with Crippen LogP contribution in [0.4, 0.5) is 0 Å². The number of carbonyl (C=O) groups is 2. The van der Waals surface area contributed by atoms with Crippen LogP contribution in [0.1, 0.15) is 26.3 Å². The molecule has 0 aliphatic heterocycles. The maximum atomic E-state index is 12.4. The van der Waals surface area contributed by atoms with E-state index in [1.54, 1.807) is 29.2 Å². The van der Waals surface area contributed by atoms with Crippen molar-refractivity contribution in [3.05, 3.63) is 29.8 Å². The lowest BCUT2D eigenvalue weighted by Crippen LogP contribution is -2.49. The second-order valence-electron chi connectivity index (χ2n) is 4.63. The smallest absolute Gasteiger partial charge is 0.245 e. The molecule has 2 N–H and O–H groups in total. The van der Waals surface area contributed by atoms with Crippen LogP contribution < -0.4 is 5.32 Å². The highest BCUT2D eigenvalue weighted by Crippen LogP contribution is 2.12. The van der Waals surface area contributed by atoms with Crippen LogP contribution in [-0.2, 0) is 16.0 Å². The van der Waals surface area contributed by atoms with E-state index in [1.165, 1.54) is 6.92 Å². The Balaban J connectivity index is 2.85. The van der Waals surface area contributed by atoms with Gasteiger partial charge in [-0.15, -0.1) is 0 Å². The Labute approximate surface area is 119 Å². The second-order valence-corrected chi connectivity index (χ2v) is 4.63. The molecular formula is C15H22N2O3. The molecular weight excluding hydrogens is 256 g/mol. The van der Waals surface area contributed by atoms with Gasteiger partial charge in [-0.2, -0.15) is 0 Å². The first kappa shape index (κ1) is 16.0. The molecule has 20 heavy (non-hydrogen) atoms. The minimum Gasteiger partial charge on any atom is -0.508 e. The van der Waals surface area contributed by atoms with Gasteiger partial charge in [0.1, 0.15) is 11.8 Å². The zero-order chi connectivity index (χ0) is 15.1. The molecule has 0 fully saturated rings. The summed E-state index contributed by atoms with van der Waals surface area (Å²) >= 11 is 0. The van der Waals surface area contributed by atoms with E-state index in [1.807, 2.05) is 13.8 Å². The number of benzene rings is 1. The van der Waals surface area contributed by atoms with Gasteiger partial charge in [-0.3, -0.25) is 9.59 Å². The van der Waals surface area contributed by atoms with E-state index < -0.39 is 6.04 Å². The molecule has 1 atom stereocenters. The van der Waals surface area contributed by atoms with Crippen molar-refractivity contribution >= 4 is 11.8 Å². The summed E-state index contributed by atoms with van der Waals surface area (Å²) in [7, 11) is 0. The SMILES string of the molecule is CCN(CC)C(=O)[C@H](Cc1ccc(O)cc1)NC(C)=O. The highest BCUT2D eigenvalue weighted by atomic mass is 16.3. The number of hydrogen-bond acceptors (Lipinski definition) is 3. The fraction of sp³-hybridized carbons (Fsp3) is 0.467. The molecule has 0 heterocycles. The fourth-order valence-corrected chi connectivity index (χ4v) is 2.07. The van der Waals surface area contributed by atoms with Crippen LogP contribution in [-0.4, -0.2) is 41.0 Å². The molecule has 5 heteroatoms. The molecule has 0 bridgehead atoms. The fourth-order valence-electron chi connectivity index (χ4n) is 2.07. The van der Waals surface area contributed by atoms with Crippen molar-refractivity contribution in [3.8, 4) is 5.75 Å². The second kappa shape index (κ2) is 7.53. The van der Waals surface area contributed by atoms with Gasteiger partial charge in [-0.05, 0) is 31.5 Å². The highest BCUT2D eigenvalue weighted by Gasteiger charge is 2.23. The first-order chi connectivity index (χ1) is 9.47. The predicted molar refractivity (Wildman–Crippen MR) is 77.3 cm³/mol. The third-order valence-corrected chi connectivity index (χ3v) is 3.13. The van der Waals surface area contributed by atoms with E-state index in [9.17, 15) is 14.7 Å². The van der Waals surface area contributed by atoms with Crippen molar-refractivity contribution in [2.75, 3.05) is 13.1 Å². The largest absolute Gasteiger partial charge is 0.508 e. The molecule has 1 aromatic rings. The number of phenolic OH excluding ortho intramolecular Hbond substituents is 1. The van der Waals surface area contributed by atoms with Gasteiger partial charge in [0.15, 0.2) is 0 Å². The molecule has 5 nitrogen and oxygen atoms in total. The molecule has 0 saturated heterocycles. The van der Waals surface area contributed by atoms with Crippen molar-refractivity contribution in [2.45, 2.75) is 33.2 Å². The van der Waals surface area contributed by atoms with E-state index in [4.69, 9.17) is 0 Å². The lowest BCUT2D eigenvalue weighted by Gasteiger charge is -2.25. The van der Waals surface area contributed by atoms with Gasteiger partial charge in [-0.1, -0.05) is 12.1 Å². The number of likely N-dealkylation sites (N-methyl/N-ethyl adjacent to an activating group) is 1. The van der Waals surface area contributed by atoms with Crippen LogP contribution in [0.3, 0.4) is 0 Å². The van der Waals surface area contributed by atoms with Crippen LogP contribution >= 0.6 is 0 Å². The van der Waals surface area contributed by atoms with E-state index in [-0.39, 0.29) is 17.6 Å². The molecule has 110 valence electrons. The summed E-state index contributed by atoms with van der Waals surface area (Å²) < 4.78 is 0. The number of amides is 2. The number of hydrogen-bond donors (Lipinski definition) is 2. The van der Waals surface area contributed by atoms with Crippen LogP contribution in [0.25, 0.3) is 0 Å². The summed E-state index contributed by atoms with van der Waals surface area (Å²) in [6, 6.07) is 6.07. The van der Waals surface area contributed by atoms with Crippen molar-refractivity contribution in [2.24, 2.45) is 0 Å². The monoisotopic (exact) mass is 278 g/mol. The van der Waals surface area contributed by atoms with E-state index in [2.05, 4.69) is 5.32 Å². The summed E-state index contributed by atoms with van der Waals surface area (Å²) in [5.74, 6) is -0.132. The molecule has 0 aliphatic carbocycles. The van der Waals surface area contributed by atoms with Gasteiger partial charge in [0.05, 0.1) is 0 Å². The Hall–Kier alpha value is -2.04. The Bertz CT molecular complexity index is 453. The van der Waals surface area contributed by atoms with Gasteiger partial charge < -0.3 is 15.3 Å². The zero-order valence-corrected chi connectivity index (χ0v) is 12.2. The minimum atomic E-state index is -0.572. The third-order valence-electron chi connectivity index (χ3n) is 3.13. The maximum Gasteiger partial charge on any atom is 0.245 e. The van der Waals surface area contributed by atoms with Gasteiger partial charge in [0.2, 0.25) is 11.8 Å². The Morgan fingerprint density at radius 3 is 2.20 bits per heavy atom. The third kappa shape index (κ3) is 4.57. The lowest BCUT2D eigenvalue weighted by molar-refractivity contribution is -0.135. The predicted octanol–water partition coefficient (Wildman–Crippen LogP) is 1.31. The molecule has 2 amide bonds. The summed E-state index contributed by atoms with van der Waals surface area (Å²) in [6.07, 6.45) is 0.412. The normalized spacial score (nSPS) is 11.8. The van der Waals surface area contributed by atoms with Crippen LogP contribution in [0.5, 0.6) is 5.75 Å². The zero-order valence-electron chi connectivity index (χ0n) is 12.2. The van der Waals surface area contributed by atoms with E-state index in [0.29, 0.717) is 19.5 Å². The molecule has 0 unspecified atom stereocenters. The molecule has 0 aliphatic rings. The van der Waals surface area contributed by atoms with Crippen molar-refractivity contribution < 1.29 is 14.7 Å². The molecule has 1 rings (SSSR count). The average Bonchev–Trinajstić information content (AvgIpc) is 2.41. The summed E-state index contributed by atoms with van der Waals surface area (Å²) in [5.41, 5.74) is 0.891. The van der Waals surface area contributed by atoms with Gasteiger partial charge in [0.25, 0.3) is 0 Å². The van der Waals surface area contributed by atoms with Crippen molar-refractivity contribution in [1.29, 1.82) is 0 Å². The number of carbonyl (C=O) groups excluding carboxylic acids is 2. The lowest BCUT2D eigenvalue weighted by atomic mass is 10.0. The Kier molecular flexibility index (Phi) is 6.03. The first-order valence-electron chi connectivity index (χ1n) is 6.81. The van der Waals surface area contributed by atoms with E-state index >= 15 is 0 Å². The standard InChI is InChI=1S/C15H22N2O3/c1-4-17(5-2)15(20)14(16-11(3)18)10-12-6-8-13(19)9-7-12/h6-9,14,19H,4-5,10H2,1-3H3,(H,16,18)/t14-/m0/s1. The van der Waals surface area contributed by atoms with Crippen molar-refractivity contribution in [1.82, 2.24) is 10.2 Å².